The summed E-state index contributed by atoms with van der Waals surface area (Å²) in [6, 6.07) is 5.49. The molecule has 1 aromatic carbocycles. The molecule has 0 aliphatic carbocycles. The van der Waals surface area contributed by atoms with E-state index in [0.717, 1.165) is 12.8 Å². The van der Waals surface area contributed by atoms with E-state index >= 15 is 0 Å². The highest BCUT2D eigenvalue weighted by Gasteiger charge is 2.42. The zero-order chi connectivity index (χ0) is 17.3. The molecule has 7 heteroatoms. The summed E-state index contributed by atoms with van der Waals surface area (Å²) in [4.78, 5) is 22.2. The Hall–Kier alpha value is -2.15. The highest BCUT2D eigenvalue weighted by Crippen LogP contribution is 2.22. The average Bonchev–Trinajstić information content (AvgIpc) is 2.34. The first kappa shape index (κ1) is 17.2. The summed E-state index contributed by atoms with van der Waals surface area (Å²) in [5, 5.41) is 15.8. The molecule has 0 bridgehead atoms. The Labute approximate surface area is 135 Å². The van der Waals surface area contributed by atoms with Crippen LogP contribution in [-0.4, -0.2) is 28.1 Å². The van der Waals surface area contributed by atoms with Gasteiger partial charge in [-0.3, -0.25) is 10.1 Å². The summed E-state index contributed by atoms with van der Waals surface area (Å²) in [6.45, 7) is 8.63. The van der Waals surface area contributed by atoms with Gasteiger partial charge in [-0.25, -0.2) is 4.79 Å². The first-order valence-corrected chi connectivity index (χ1v) is 7.66. The van der Waals surface area contributed by atoms with Crippen LogP contribution in [0.5, 0.6) is 5.75 Å². The molecule has 0 saturated carbocycles. The third-order valence-corrected chi connectivity index (χ3v) is 3.91. The minimum Gasteiger partial charge on any atom is -0.410 e. The maximum absolute atomic E-state index is 12.0. The van der Waals surface area contributed by atoms with Crippen molar-refractivity contribution in [3.05, 3.63) is 34.4 Å². The lowest BCUT2D eigenvalue weighted by atomic mass is 9.80. The molecule has 0 atom stereocenters. The number of rotatable bonds is 3. The van der Waals surface area contributed by atoms with Crippen LogP contribution in [0.3, 0.4) is 0 Å². The Morgan fingerprint density at radius 1 is 1.22 bits per heavy atom. The van der Waals surface area contributed by atoms with Crippen molar-refractivity contribution in [2.75, 3.05) is 0 Å². The number of carbonyl (C=O) groups is 1. The number of ether oxygens (including phenoxy) is 1. The summed E-state index contributed by atoms with van der Waals surface area (Å²) >= 11 is 0. The van der Waals surface area contributed by atoms with Crippen molar-refractivity contribution in [3.8, 4) is 5.75 Å². The van der Waals surface area contributed by atoms with Gasteiger partial charge in [-0.15, -0.1) is 0 Å². The molecule has 1 aliphatic rings. The lowest BCUT2D eigenvalue weighted by molar-refractivity contribution is -0.787. The van der Waals surface area contributed by atoms with E-state index in [2.05, 4.69) is 38.3 Å². The second-order valence-electron chi connectivity index (χ2n) is 7.51. The Kier molecular flexibility index (Phi) is 4.61. The largest absolute Gasteiger partial charge is 0.412 e. The van der Waals surface area contributed by atoms with E-state index in [-0.39, 0.29) is 28.6 Å². The van der Waals surface area contributed by atoms with E-state index in [1.807, 2.05) is 0 Å². The summed E-state index contributed by atoms with van der Waals surface area (Å²) in [5.74, 6) is 0.286. The Balaban J connectivity index is 1.95. The van der Waals surface area contributed by atoms with E-state index in [4.69, 9.17) is 4.74 Å². The second kappa shape index (κ2) is 6.16. The summed E-state index contributed by atoms with van der Waals surface area (Å²) in [5.41, 5.74) is 0.0594. The SMILES string of the molecule is CC1(C)CC(NC(=O)Oc2ccc([N+](=O)[O-])cc2)CC(C)(C)[NH2+]1. The molecule has 23 heavy (non-hydrogen) atoms. The Morgan fingerprint density at radius 3 is 2.22 bits per heavy atom. The molecule has 2 rings (SSSR count). The lowest BCUT2D eigenvalue weighted by Gasteiger charge is -2.42. The van der Waals surface area contributed by atoms with Crippen LogP contribution in [0.2, 0.25) is 0 Å². The molecule has 1 aromatic rings. The van der Waals surface area contributed by atoms with E-state index in [1.165, 1.54) is 24.3 Å². The van der Waals surface area contributed by atoms with Gasteiger partial charge in [0, 0.05) is 31.0 Å². The van der Waals surface area contributed by atoms with Crippen LogP contribution in [0.25, 0.3) is 0 Å². The smallest absolute Gasteiger partial charge is 0.410 e. The van der Waals surface area contributed by atoms with Gasteiger partial charge >= 0.3 is 6.09 Å². The number of amides is 1. The van der Waals surface area contributed by atoms with Gasteiger partial charge in [0.2, 0.25) is 0 Å². The Bertz CT molecular complexity index is 580. The molecule has 3 N–H and O–H groups in total. The van der Waals surface area contributed by atoms with Gasteiger partial charge in [-0.2, -0.15) is 0 Å². The zero-order valence-corrected chi connectivity index (χ0v) is 14.0. The molecule has 0 aromatic heterocycles. The Morgan fingerprint density at radius 2 is 1.74 bits per heavy atom. The molecule has 0 radical (unpaired) electrons. The fourth-order valence-electron chi connectivity index (χ4n) is 3.56. The third kappa shape index (κ3) is 4.92. The van der Waals surface area contributed by atoms with Crippen molar-refractivity contribution < 1.29 is 19.8 Å². The van der Waals surface area contributed by atoms with Crippen LogP contribution in [0.1, 0.15) is 40.5 Å². The number of hydrogen-bond acceptors (Lipinski definition) is 4. The number of nitro benzene ring substituents is 1. The fraction of sp³-hybridized carbons (Fsp3) is 0.562. The van der Waals surface area contributed by atoms with Gasteiger partial charge < -0.3 is 15.4 Å². The second-order valence-corrected chi connectivity index (χ2v) is 7.51. The van der Waals surface area contributed by atoms with Crippen molar-refractivity contribution >= 4 is 11.8 Å². The molecule has 0 unspecified atom stereocenters. The van der Waals surface area contributed by atoms with E-state index in [0.29, 0.717) is 0 Å². The first-order valence-electron chi connectivity index (χ1n) is 7.66. The average molecular weight is 322 g/mol. The quantitative estimate of drug-likeness (QED) is 0.656. The van der Waals surface area contributed by atoms with Gasteiger partial charge in [0.05, 0.1) is 16.0 Å². The van der Waals surface area contributed by atoms with Crippen LogP contribution < -0.4 is 15.4 Å². The number of nitro groups is 1. The predicted molar refractivity (Wildman–Crippen MR) is 85.4 cm³/mol. The zero-order valence-electron chi connectivity index (χ0n) is 14.0. The maximum atomic E-state index is 12.0. The molecule has 1 aliphatic heterocycles. The van der Waals surface area contributed by atoms with Crippen LogP contribution in [0, 0.1) is 10.1 Å². The summed E-state index contributed by atoms with van der Waals surface area (Å²) in [6.07, 6.45) is 1.18. The van der Waals surface area contributed by atoms with Crippen molar-refractivity contribution in [1.29, 1.82) is 0 Å². The summed E-state index contributed by atoms with van der Waals surface area (Å²) < 4.78 is 5.21. The van der Waals surface area contributed by atoms with Crippen molar-refractivity contribution in [2.24, 2.45) is 0 Å². The normalized spacial score (nSPS) is 19.8. The minimum absolute atomic E-state index is 0.0375. The number of hydrogen-bond donors (Lipinski definition) is 2. The fourth-order valence-corrected chi connectivity index (χ4v) is 3.56. The number of nitrogens with two attached hydrogens (primary N) is 1. The molecule has 1 heterocycles. The number of carbonyl (C=O) groups excluding carboxylic acids is 1. The minimum atomic E-state index is -0.530. The molecule has 126 valence electrons. The topological polar surface area (TPSA) is 98.1 Å². The molecule has 7 nitrogen and oxygen atoms in total. The van der Waals surface area contributed by atoms with Crippen LogP contribution in [0.15, 0.2) is 24.3 Å². The van der Waals surface area contributed by atoms with Gasteiger partial charge in [0.15, 0.2) is 0 Å². The van der Waals surface area contributed by atoms with Gasteiger partial charge in [-0.1, -0.05) is 0 Å². The van der Waals surface area contributed by atoms with E-state index in [1.54, 1.807) is 0 Å². The highest BCUT2D eigenvalue weighted by molar-refractivity contribution is 5.70. The van der Waals surface area contributed by atoms with Crippen molar-refractivity contribution in [1.82, 2.24) is 5.32 Å². The number of piperidine rings is 1. The van der Waals surface area contributed by atoms with Crippen molar-refractivity contribution in [2.45, 2.75) is 57.7 Å². The molecule has 1 amide bonds. The number of nitrogens with zero attached hydrogens (tertiary/aromatic N) is 1. The standard InChI is InChI=1S/C16H23N3O4/c1-15(2)9-11(10-16(3,4)18-15)17-14(20)23-13-7-5-12(6-8-13)19(21)22/h5-8,11,18H,9-10H2,1-4H3,(H,17,20)/p+1. The predicted octanol–water partition coefficient (Wildman–Crippen LogP) is 1.97. The van der Waals surface area contributed by atoms with Crippen LogP contribution in [-0.2, 0) is 0 Å². The van der Waals surface area contributed by atoms with E-state index < -0.39 is 11.0 Å². The monoisotopic (exact) mass is 322 g/mol. The third-order valence-electron chi connectivity index (χ3n) is 3.91. The van der Waals surface area contributed by atoms with Gasteiger partial charge in [0.25, 0.3) is 5.69 Å². The van der Waals surface area contributed by atoms with Crippen LogP contribution >= 0.6 is 0 Å². The molecule has 0 spiro atoms. The number of non-ortho nitro benzene ring substituents is 1. The highest BCUT2D eigenvalue weighted by atomic mass is 16.6. The maximum Gasteiger partial charge on any atom is 0.412 e. The molecular weight excluding hydrogens is 298 g/mol. The van der Waals surface area contributed by atoms with E-state index in [9.17, 15) is 14.9 Å². The molecule has 1 saturated heterocycles. The molecule has 1 fully saturated rings. The number of quaternary nitrogens is 1. The number of nitrogens with one attached hydrogen (secondary N) is 1. The molecular formula is C16H24N3O4+. The van der Waals surface area contributed by atoms with Gasteiger partial charge in [-0.05, 0) is 39.8 Å². The number of benzene rings is 1. The lowest BCUT2D eigenvalue weighted by Crippen LogP contribution is -3.06. The van der Waals surface area contributed by atoms with Crippen molar-refractivity contribution in [3.63, 3.8) is 0 Å². The van der Waals surface area contributed by atoms with Crippen LogP contribution in [0.4, 0.5) is 10.5 Å². The van der Waals surface area contributed by atoms with Gasteiger partial charge in [0.1, 0.15) is 5.75 Å². The first-order chi connectivity index (χ1) is 10.6. The summed E-state index contributed by atoms with van der Waals surface area (Å²) in [7, 11) is 0.